The van der Waals surface area contributed by atoms with Gasteiger partial charge in [-0.2, -0.15) is 0 Å². The van der Waals surface area contributed by atoms with Crippen molar-refractivity contribution >= 4 is 27.3 Å². The van der Waals surface area contributed by atoms with E-state index < -0.39 is 0 Å². The molecule has 3 nitrogen and oxygen atoms in total. The van der Waals surface area contributed by atoms with Gasteiger partial charge in [0.15, 0.2) is 0 Å². The highest BCUT2D eigenvalue weighted by Crippen LogP contribution is 2.27. The van der Waals surface area contributed by atoms with Crippen LogP contribution in [0.1, 0.15) is 16.1 Å². The van der Waals surface area contributed by atoms with Gasteiger partial charge in [0.25, 0.3) is 5.91 Å². The van der Waals surface area contributed by atoms with Crippen LogP contribution in [0.3, 0.4) is 0 Å². The van der Waals surface area contributed by atoms with Crippen molar-refractivity contribution < 1.29 is 9.18 Å². The fourth-order valence-electron chi connectivity index (χ4n) is 1.74. The molecular formula is C12H11FN2OS. The van der Waals surface area contributed by atoms with E-state index in [0.29, 0.717) is 4.88 Å². The lowest BCUT2D eigenvalue weighted by molar-refractivity contribution is 0.0954. The molecule has 2 aromatic rings. The lowest BCUT2D eigenvalue weighted by atomic mass is 10.2. The highest BCUT2D eigenvalue weighted by Gasteiger charge is 2.35. The van der Waals surface area contributed by atoms with Gasteiger partial charge in [-0.05, 0) is 30.0 Å². The van der Waals surface area contributed by atoms with Crippen molar-refractivity contribution in [2.75, 3.05) is 0 Å². The molecule has 0 aliphatic heterocycles. The Morgan fingerprint density at radius 1 is 1.47 bits per heavy atom. The van der Waals surface area contributed by atoms with Crippen LogP contribution in [0, 0.1) is 5.82 Å². The number of halogens is 1. The molecule has 1 saturated carbocycles. The van der Waals surface area contributed by atoms with Crippen molar-refractivity contribution in [1.29, 1.82) is 0 Å². The largest absolute Gasteiger partial charge is 0.347 e. The number of rotatable bonds is 2. The minimum absolute atomic E-state index is 0.0887. The van der Waals surface area contributed by atoms with E-state index in [2.05, 4.69) is 5.32 Å². The van der Waals surface area contributed by atoms with E-state index in [0.717, 1.165) is 16.5 Å². The van der Waals surface area contributed by atoms with Gasteiger partial charge in [-0.3, -0.25) is 4.79 Å². The van der Waals surface area contributed by atoms with Gasteiger partial charge < -0.3 is 11.1 Å². The van der Waals surface area contributed by atoms with E-state index in [1.807, 2.05) is 0 Å². The van der Waals surface area contributed by atoms with E-state index in [9.17, 15) is 9.18 Å². The van der Waals surface area contributed by atoms with Crippen LogP contribution in [-0.2, 0) is 0 Å². The van der Waals surface area contributed by atoms with Gasteiger partial charge in [0.05, 0.1) is 4.88 Å². The summed E-state index contributed by atoms with van der Waals surface area (Å²) in [5, 5.41) is 3.74. The number of carbonyl (C=O) groups excluding carboxylic acids is 1. The number of nitrogens with two attached hydrogens (primary N) is 1. The number of fused-ring (bicyclic) bond motifs is 1. The highest BCUT2D eigenvalue weighted by atomic mass is 32.1. The second-order valence-electron chi connectivity index (χ2n) is 4.27. The molecule has 2 atom stereocenters. The number of carbonyl (C=O) groups is 1. The fourth-order valence-corrected chi connectivity index (χ4v) is 2.73. The van der Waals surface area contributed by atoms with Crippen LogP contribution in [0.2, 0.25) is 0 Å². The SMILES string of the molecule is NC1CC1NC(=O)c1cc2ccc(F)cc2s1. The van der Waals surface area contributed by atoms with E-state index >= 15 is 0 Å². The number of hydrogen-bond acceptors (Lipinski definition) is 3. The number of amides is 1. The topological polar surface area (TPSA) is 55.1 Å². The van der Waals surface area contributed by atoms with Gasteiger partial charge in [-0.25, -0.2) is 4.39 Å². The average molecular weight is 250 g/mol. The van der Waals surface area contributed by atoms with Gasteiger partial charge in [0, 0.05) is 16.8 Å². The Kier molecular flexibility index (Phi) is 2.38. The molecule has 2 unspecified atom stereocenters. The van der Waals surface area contributed by atoms with Crippen LogP contribution >= 0.6 is 11.3 Å². The van der Waals surface area contributed by atoms with Crippen LogP contribution in [0.5, 0.6) is 0 Å². The minimum atomic E-state index is -0.282. The first-order chi connectivity index (χ1) is 8.13. The molecule has 1 aromatic heterocycles. The van der Waals surface area contributed by atoms with E-state index in [1.54, 1.807) is 12.1 Å². The Morgan fingerprint density at radius 2 is 2.24 bits per heavy atom. The van der Waals surface area contributed by atoms with Gasteiger partial charge in [0.1, 0.15) is 5.82 Å². The molecule has 1 fully saturated rings. The fraction of sp³-hybridized carbons (Fsp3) is 0.250. The summed E-state index contributed by atoms with van der Waals surface area (Å²) < 4.78 is 13.8. The molecule has 5 heteroatoms. The molecule has 1 heterocycles. The summed E-state index contributed by atoms with van der Waals surface area (Å²) in [5.74, 6) is -0.403. The van der Waals surface area contributed by atoms with Gasteiger partial charge in [0.2, 0.25) is 0 Å². The zero-order chi connectivity index (χ0) is 12.0. The Balaban J connectivity index is 1.87. The van der Waals surface area contributed by atoms with Crippen LogP contribution in [0.4, 0.5) is 4.39 Å². The maximum Gasteiger partial charge on any atom is 0.261 e. The van der Waals surface area contributed by atoms with Crippen LogP contribution < -0.4 is 11.1 Å². The third-order valence-corrected chi connectivity index (χ3v) is 3.96. The number of nitrogens with one attached hydrogen (secondary N) is 1. The van der Waals surface area contributed by atoms with Gasteiger partial charge in [-0.1, -0.05) is 6.07 Å². The second-order valence-corrected chi connectivity index (χ2v) is 5.36. The number of thiophene rings is 1. The number of benzene rings is 1. The smallest absolute Gasteiger partial charge is 0.261 e. The zero-order valence-corrected chi connectivity index (χ0v) is 9.76. The third-order valence-electron chi connectivity index (χ3n) is 2.86. The summed E-state index contributed by atoms with van der Waals surface area (Å²) >= 11 is 1.30. The molecule has 0 bridgehead atoms. The number of hydrogen-bond donors (Lipinski definition) is 2. The third kappa shape index (κ3) is 2.03. The lowest BCUT2D eigenvalue weighted by Gasteiger charge is -1.99. The molecular weight excluding hydrogens is 239 g/mol. The van der Waals surface area contributed by atoms with Crippen molar-refractivity contribution in [3.8, 4) is 0 Å². The first-order valence-electron chi connectivity index (χ1n) is 5.39. The van der Waals surface area contributed by atoms with Gasteiger partial charge >= 0.3 is 0 Å². The molecule has 0 radical (unpaired) electrons. The molecule has 1 aromatic carbocycles. The summed E-state index contributed by atoms with van der Waals surface area (Å²) in [7, 11) is 0. The Morgan fingerprint density at radius 3 is 2.94 bits per heavy atom. The maximum absolute atomic E-state index is 13.0. The van der Waals surface area contributed by atoms with Crippen LogP contribution in [0.15, 0.2) is 24.3 Å². The van der Waals surface area contributed by atoms with E-state index in [-0.39, 0.29) is 23.8 Å². The summed E-state index contributed by atoms with van der Waals surface area (Å²) in [5.41, 5.74) is 5.63. The average Bonchev–Trinajstić information content (AvgIpc) is 2.81. The van der Waals surface area contributed by atoms with Gasteiger partial charge in [-0.15, -0.1) is 11.3 Å². The molecule has 3 N–H and O–H groups in total. The molecule has 0 spiro atoms. The monoisotopic (exact) mass is 250 g/mol. The molecule has 1 aliphatic rings. The maximum atomic E-state index is 13.0. The second kappa shape index (κ2) is 3.78. The Bertz CT molecular complexity index is 595. The van der Waals surface area contributed by atoms with Crippen LogP contribution in [-0.4, -0.2) is 18.0 Å². The summed E-state index contributed by atoms with van der Waals surface area (Å²) in [6.45, 7) is 0. The van der Waals surface area contributed by atoms with Crippen molar-refractivity contribution in [1.82, 2.24) is 5.32 Å². The quantitative estimate of drug-likeness (QED) is 0.855. The predicted molar refractivity (Wildman–Crippen MR) is 65.6 cm³/mol. The standard InChI is InChI=1S/C12H11FN2OS/c13-7-2-1-6-3-11(17-10(6)4-7)12(16)15-9-5-8(9)14/h1-4,8-9H,5,14H2,(H,15,16). The first kappa shape index (κ1) is 10.7. The Labute approximate surface area is 101 Å². The van der Waals surface area contributed by atoms with E-state index in [4.69, 9.17) is 5.73 Å². The zero-order valence-electron chi connectivity index (χ0n) is 8.94. The van der Waals surface area contributed by atoms with Crippen molar-refractivity contribution in [3.05, 3.63) is 35.0 Å². The molecule has 0 saturated heterocycles. The molecule has 17 heavy (non-hydrogen) atoms. The predicted octanol–water partition coefficient (Wildman–Crippen LogP) is 1.87. The van der Waals surface area contributed by atoms with Crippen molar-refractivity contribution in [2.24, 2.45) is 5.73 Å². The highest BCUT2D eigenvalue weighted by molar-refractivity contribution is 7.20. The summed E-state index contributed by atoms with van der Waals surface area (Å²) in [6.07, 6.45) is 0.839. The van der Waals surface area contributed by atoms with Crippen molar-refractivity contribution in [3.63, 3.8) is 0 Å². The molecule has 1 aliphatic carbocycles. The first-order valence-corrected chi connectivity index (χ1v) is 6.21. The van der Waals surface area contributed by atoms with Crippen molar-refractivity contribution in [2.45, 2.75) is 18.5 Å². The molecule has 88 valence electrons. The minimum Gasteiger partial charge on any atom is -0.347 e. The van der Waals surface area contributed by atoms with Crippen LogP contribution in [0.25, 0.3) is 10.1 Å². The Hall–Kier alpha value is -1.46. The summed E-state index contributed by atoms with van der Waals surface area (Å²) in [6, 6.07) is 6.49. The summed E-state index contributed by atoms with van der Waals surface area (Å²) in [4.78, 5) is 12.4. The molecule has 3 rings (SSSR count). The normalized spacial score (nSPS) is 22.7. The molecule has 1 amide bonds. The lowest BCUT2D eigenvalue weighted by Crippen LogP contribution is -2.28. The van der Waals surface area contributed by atoms with E-state index in [1.165, 1.54) is 23.5 Å².